The van der Waals surface area contributed by atoms with Gasteiger partial charge in [0.1, 0.15) is 52.7 Å². The van der Waals surface area contributed by atoms with E-state index < -0.39 is 144 Å². The molecule has 0 spiro atoms. The molecular weight excluding hydrogens is 1190 g/mol. The van der Waals surface area contributed by atoms with Gasteiger partial charge in [-0.15, -0.1) is 21.9 Å². The molecule has 0 heterocycles. The zero-order chi connectivity index (χ0) is 60.8. The van der Waals surface area contributed by atoms with Crippen LogP contribution in [0.15, 0.2) is 182 Å². The molecule has 84 heavy (non-hydrogen) atoms. The van der Waals surface area contributed by atoms with Gasteiger partial charge in [0.15, 0.2) is 84.5 Å². The Labute approximate surface area is 469 Å². The van der Waals surface area contributed by atoms with Crippen LogP contribution in [0.3, 0.4) is 0 Å². The molecule has 1 atom stereocenters. The van der Waals surface area contributed by atoms with Gasteiger partial charge in [0.05, 0.1) is 10.9 Å². The molecule has 428 valence electrons. The molecule has 0 N–H and O–H groups in total. The Hall–Kier alpha value is -8.44. The summed E-state index contributed by atoms with van der Waals surface area (Å²) in [5, 5.41) is 0. The SMILES string of the molecule is Cc1ccccc1[S+](c1ccc(Sc2ccc(-c3ccccc3)cc2)cc1)c1ccc(-c2ccccc2)cc1.Fc1c(F)c(F)c([B-](c2c(F)c(F)c(F)c(F)c2F)(c2c(F)c(F)c(F)c(F)c2F)c2c(F)c(F)c(F)c(F)c2F)c(F)c1F. The molecule has 0 saturated carbocycles. The molecule has 0 aliphatic rings. The van der Waals surface area contributed by atoms with Crippen molar-refractivity contribution in [3.05, 3.63) is 280 Å². The van der Waals surface area contributed by atoms with Crippen molar-refractivity contribution in [2.24, 2.45) is 0 Å². The fourth-order valence-electron chi connectivity index (χ4n) is 9.59. The number of rotatable bonds is 11. The van der Waals surface area contributed by atoms with Gasteiger partial charge in [-0.05, 0) is 95.9 Å². The van der Waals surface area contributed by atoms with Gasteiger partial charge in [0, 0.05) is 15.4 Å². The molecule has 0 bridgehead atoms. The van der Waals surface area contributed by atoms with Crippen LogP contribution >= 0.6 is 11.8 Å². The topological polar surface area (TPSA) is 0 Å². The standard InChI is InChI=1S/C37H29S2.C24BF20/c1-28-10-8-9-15-37(28)39(35-24-18-32(19-25-35)30-13-6-3-7-14-30)36-26-22-34(23-27-36)38-33-20-16-31(17-21-33)29-11-4-2-5-12-29;26-5-1(6(27)14(35)21(42)13(5)34)25(2-7(28)15(36)22(43)16(37)8(2)29,3-9(30)17(38)23(44)18(39)10(3)31)4-11(32)19(40)24(45)20(41)12(4)33/h2-27H,1H3;/q+1;-1. The van der Waals surface area contributed by atoms with Crippen molar-refractivity contribution < 1.29 is 87.8 Å². The van der Waals surface area contributed by atoms with E-state index in [2.05, 4.69) is 165 Å². The molecule has 1 unspecified atom stereocenters. The van der Waals surface area contributed by atoms with Gasteiger partial charge in [0.25, 0.3) is 0 Å². The Bertz CT molecular complexity index is 3770. The van der Waals surface area contributed by atoms with E-state index in [1.165, 1.54) is 52.3 Å². The van der Waals surface area contributed by atoms with E-state index in [0.717, 1.165) is 0 Å². The average Bonchev–Trinajstić information content (AvgIpc) is 0.793. The van der Waals surface area contributed by atoms with E-state index >= 15 is 35.1 Å². The highest BCUT2D eigenvalue weighted by Crippen LogP contribution is 2.38. The van der Waals surface area contributed by atoms with E-state index in [-0.39, 0.29) is 10.9 Å². The third kappa shape index (κ3) is 10.4. The zero-order valence-corrected chi connectivity index (χ0v) is 43.6. The lowest BCUT2D eigenvalue weighted by molar-refractivity contribution is 0.378. The predicted octanol–water partition coefficient (Wildman–Crippen LogP) is 16.4. The molecule has 10 rings (SSSR count). The molecule has 0 saturated heterocycles. The average molecular weight is 1220 g/mol. The minimum atomic E-state index is -7.22. The van der Waals surface area contributed by atoms with E-state index in [0.29, 0.717) is 0 Å². The number of halogens is 20. The molecule has 0 radical (unpaired) electrons. The molecule has 0 fully saturated rings. The maximum absolute atomic E-state index is 15.4. The van der Waals surface area contributed by atoms with Crippen molar-refractivity contribution >= 4 is 50.7 Å². The Morgan fingerprint density at radius 2 is 0.476 bits per heavy atom. The van der Waals surface area contributed by atoms with Crippen LogP contribution in [0.1, 0.15) is 5.56 Å². The molecule has 0 aliphatic heterocycles. The lowest BCUT2D eigenvalue weighted by Crippen LogP contribution is -2.81. The van der Waals surface area contributed by atoms with E-state index in [1.54, 1.807) is 0 Å². The fourth-order valence-corrected chi connectivity index (χ4v) is 12.6. The first-order valence-corrected chi connectivity index (χ1v) is 26.1. The normalized spacial score (nSPS) is 11.9. The quantitative estimate of drug-likeness (QED) is 0.0409. The second-order valence-corrected chi connectivity index (χ2v) is 21.4. The van der Waals surface area contributed by atoms with Gasteiger partial charge < -0.3 is 0 Å². The summed E-state index contributed by atoms with van der Waals surface area (Å²) in [7, 11) is -0.179. The number of aryl methyl sites for hydroxylation is 1. The summed E-state index contributed by atoms with van der Waals surface area (Å²) in [6.07, 6.45) is -7.22. The van der Waals surface area contributed by atoms with Crippen molar-refractivity contribution in [1.29, 1.82) is 0 Å². The van der Waals surface area contributed by atoms with Crippen molar-refractivity contribution in [2.45, 2.75) is 31.4 Å². The summed E-state index contributed by atoms with van der Waals surface area (Å²) < 4.78 is 294. The van der Waals surface area contributed by atoms with Crippen molar-refractivity contribution in [2.75, 3.05) is 0 Å². The summed E-state index contributed by atoms with van der Waals surface area (Å²) in [5.74, 6) is -71.4. The lowest BCUT2D eigenvalue weighted by atomic mass is 9.12. The summed E-state index contributed by atoms with van der Waals surface area (Å²) >= 11 is 1.81. The largest absolute Gasteiger partial charge is 0.207 e. The highest BCUT2D eigenvalue weighted by atomic mass is 32.2. The summed E-state index contributed by atoms with van der Waals surface area (Å²) in [4.78, 5) is 6.54. The van der Waals surface area contributed by atoms with Gasteiger partial charge >= 0.3 is 0 Å². The third-order valence-electron chi connectivity index (χ3n) is 13.5. The van der Waals surface area contributed by atoms with E-state index in [1.807, 2.05) is 11.8 Å². The number of hydrogen-bond acceptors (Lipinski definition) is 1. The Morgan fingerprint density at radius 1 is 0.250 bits per heavy atom. The second kappa shape index (κ2) is 24.0. The molecular formula is C61H29BF20S2. The molecule has 10 aromatic carbocycles. The van der Waals surface area contributed by atoms with Crippen LogP contribution in [0, 0.1) is 123 Å². The maximum atomic E-state index is 15.4. The Balaban J connectivity index is 0.000000203. The van der Waals surface area contributed by atoms with Crippen LogP contribution in [-0.2, 0) is 10.9 Å². The van der Waals surface area contributed by atoms with Crippen LogP contribution in [0.4, 0.5) is 87.8 Å². The molecule has 0 nitrogen and oxygen atoms in total. The molecule has 0 aromatic heterocycles. The molecule has 0 amide bonds. The number of hydrogen-bond donors (Lipinski definition) is 0. The lowest BCUT2D eigenvalue weighted by Gasteiger charge is -2.44. The monoisotopic (exact) mass is 1220 g/mol. The van der Waals surface area contributed by atoms with Crippen LogP contribution in [0.5, 0.6) is 0 Å². The fraction of sp³-hybridized carbons (Fsp3) is 0.0164. The highest BCUT2D eigenvalue weighted by molar-refractivity contribution is 7.99. The summed E-state index contributed by atoms with van der Waals surface area (Å²) in [5.41, 5.74) is -8.01. The first-order chi connectivity index (χ1) is 39.9. The number of benzene rings is 10. The van der Waals surface area contributed by atoms with Crippen molar-refractivity contribution in [1.82, 2.24) is 0 Å². The van der Waals surface area contributed by atoms with Crippen LogP contribution < -0.4 is 21.9 Å². The van der Waals surface area contributed by atoms with Gasteiger partial charge in [-0.25, -0.2) is 87.8 Å². The molecule has 10 aromatic rings. The van der Waals surface area contributed by atoms with Crippen molar-refractivity contribution in [3.63, 3.8) is 0 Å². The first-order valence-electron chi connectivity index (χ1n) is 24.1. The Morgan fingerprint density at radius 3 is 0.774 bits per heavy atom. The minimum absolute atomic E-state index is 0.179. The summed E-state index contributed by atoms with van der Waals surface area (Å²) in [6.45, 7) is 2.22. The molecule has 0 aliphatic carbocycles. The van der Waals surface area contributed by atoms with E-state index in [9.17, 15) is 52.7 Å². The smallest absolute Gasteiger partial charge is 0.200 e. The zero-order valence-electron chi connectivity index (χ0n) is 42.0. The van der Waals surface area contributed by atoms with Crippen LogP contribution in [-0.4, -0.2) is 6.15 Å². The van der Waals surface area contributed by atoms with Gasteiger partial charge in [0.2, 0.25) is 0 Å². The second-order valence-electron chi connectivity index (χ2n) is 18.2. The minimum Gasteiger partial charge on any atom is -0.207 e. The first kappa shape index (κ1) is 60.2. The van der Waals surface area contributed by atoms with Crippen molar-refractivity contribution in [3.8, 4) is 22.3 Å². The van der Waals surface area contributed by atoms with E-state index in [4.69, 9.17) is 0 Å². The third-order valence-corrected chi connectivity index (χ3v) is 16.9. The van der Waals surface area contributed by atoms with Gasteiger partial charge in [-0.3, -0.25) is 0 Å². The Kier molecular flexibility index (Phi) is 17.2. The highest BCUT2D eigenvalue weighted by Gasteiger charge is 2.52. The van der Waals surface area contributed by atoms with Crippen LogP contribution in [0.25, 0.3) is 22.3 Å². The summed E-state index contributed by atoms with van der Waals surface area (Å²) in [6, 6.07) is 57.0. The van der Waals surface area contributed by atoms with Gasteiger partial charge in [-0.2, -0.15) is 0 Å². The maximum Gasteiger partial charge on any atom is 0.200 e. The van der Waals surface area contributed by atoms with Crippen LogP contribution in [0.2, 0.25) is 0 Å². The predicted molar refractivity (Wildman–Crippen MR) is 277 cm³/mol. The molecule has 23 heteroatoms. The van der Waals surface area contributed by atoms with Gasteiger partial charge in [-0.1, -0.05) is 103 Å².